The molecule has 0 saturated heterocycles. The molecule has 1 aromatic heterocycles. The van der Waals surface area contributed by atoms with Crippen molar-refractivity contribution in [2.45, 2.75) is 50.5 Å². The lowest BCUT2D eigenvalue weighted by Gasteiger charge is -2.10. The van der Waals surface area contributed by atoms with Crippen molar-refractivity contribution < 1.29 is 4.79 Å². The second-order valence-corrected chi connectivity index (χ2v) is 5.41. The van der Waals surface area contributed by atoms with Gasteiger partial charge >= 0.3 is 0 Å². The molecule has 3 rings (SSSR count). The first kappa shape index (κ1) is 11.1. The van der Waals surface area contributed by atoms with Crippen LogP contribution in [0.2, 0.25) is 5.02 Å². The molecule has 1 aromatic rings. The SMILES string of the molecule is O=C(NC1CCCC1)c1n[nH]c(C2CC2)c1Cl. The molecule has 0 radical (unpaired) electrons. The van der Waals surface area contributed by atoms with E-state index < -0.39 is 0 Å². The maximum atomic E-state index is 12.0. The van der Waals surface area contributed by atoms with Crippen LogP contribution in [0.5, 0.6) is 0 Å². The smallest absolute Gasteiger partial charge is 0.273 e. The van der Waals surface area contributed by atoms with Crippen LogP contribution in [0.15, 0.2) is 0 Å². The van der Waals surface area contributed by atoms with E-state index in [0.29, 0.717) is 22.7 Å². The summed E-state index contributed by atoms with van der Waals surface area (Å²) < 4.78 is 0. The topological polar surface area (TPSA) is 57.8 Å². The quantitative estimate of drug-likeness (QED) is 0.870. The Balaban J connectivity index is 1.71. The molecule has 92 valence electrons. The minimum absolute atomic E-state index is 0.134. The summed E-state index contributed by atoms with van der Waals surface area (Å²) in [5, 5.41) is 10.5. The van der Waals surface area contributed by atoms with Gasteiger partial charge in [-0.05, 0) is 25.7 Å². The highest BCUT2D eigenvalue weighted by Gasteiger charge is 2.31. The molecule has 0 spiro atoms. The predicted molar refractivity (Wildman–Crippen MR) is 65.3 cm³/mol. The molecule has 4 nitrogen and oxygen atoms in total. The van der Waals surface area contributed by atoms with Gasteiger partial charge in [-0.15, -0.1) is 0 Å². The third-order valence-electron chi connectivity index (χ3n) is 3.62. The van der Waals surface area contributed by atoms with E-state index >= 15 is 0 Å². The normalized spacial score (nSPS) is 20.8. The van der Waals surface area contributed by atoms with Crippen molar-refractivity contribution in [3.63, 3.8) is 0 Å². The monoisotopic (exact) mass is 253 g/mol. The van der Waals surface area contributed by atoms with Gasteiger partial charge in [-0.1, -0.05) is 24.4 Å². The number of nitrogens with one attached hydrogen (secondary N) is 2. The lowest BCUT2D eigenvalue weighted by Crippen LogP contribution is -2.33. The fourth-order valence-electron chi connectivity index (χ4n) is 2.46. The Hall–Kier alpha value is -1.03. The summed E-state index contributed by atoms with van der Waals surface area (Å²) in [6.45, 7) is 0. The second kappa shape index (κ2) is 4.33. The Bertz CT molecular complexity index is 433. The average molecular weight is 254 g/mol. The van der Waals surface area contributed by atoms with Crippen LogP contribution in [0.1, 0.15) is 60.6 Å². The number of hydrogen-bond acceptors (Lipinski definition) is 2. The van der Waals surface area contributed by atoms with Crippen molar-refractivity contribution in [1.82, 2.24) is 15.5 Å². The molecule has 2 aliphatic carbocycles. The molecule has 0 atom stereocenters. The molecule has 2 aliphatic rings. The Morgan fingerprint density at radius 2 is 2.00 bits per heavy atom. The van der Waals surface area contributed by atoms with E-state index in [1.807, 2.05) is 0 Å². The van der Waals surface area contributed by atoms with Crippen molar-refractivity contribution in [3.05, 3.63) is 16.4 Å². The molecule has 17 heavy (non-hydrogen) atoms. The van der Waals surface area contributed by atoms with E-state index in [4.69, 9.17) is 11.6 Å². The number of nitrogens with zero attached hydrogens (tertiary/aromatic N) is 1. The molecule has 5 heteroatoms. The van der Waals surface area contributed by atoms with E-state index in [-0.39, 0.29) is 5.91 Å². The standard InChI is InChI=1S/C12H16ClN3O/c13-9-10(7-5-6-7)15-16-11(9)12(17)14-8-3-1-2-4-8/h7-8H,1-6H2,(H,14,17)(H,15,16). The number of aromatic nitrogens is 2. The summed E-state index contributed by atoms with van der Waals surface area (Å²) in [7, 11) is 0. The van der Waals surface area contributed by atoms with Crippen molar-refractivity contribution in [2.75, 3.05) is 0 Å². The summed E-state index contributed by atoms with van der Waals surface area (Å²) in [5.41, 5.74) is 1.30. The maximum absolute atomic E-state index is 12.0. The van der Waals surface area contributed by atoms with Crippen molar-refractivity contribution in [1.29, 1.82) is 0 Å². The molecule has 2 fully saturated rings. The Labute approximate surface area is 105 Å². The molecule has 0 unspecified atom stereocenters. The van der Waals surface area contributed by atoms with Gasteiger partial charge in [-0.25, -0.2) is 0 Å². The van der Waals surface area contributed by atoms with Crippen LogP contribution in [0, 0.1) is 0 Å². The van der Waals surface area contributed by atoms with Crippen LogP contribution in [-0.4, -0.2) is 22.1 Å². The molecule has 2 saturated carbocycles. The van der Waals surface area contributed by atoms with Crippen LogP contribution in [-0.2, 0) is 0 Å². The van der Waals surface area contributed by atoms with Gasteiger partial charge < -0.3 is 5.32 Å². The van der Waals surface area contributed by atoms with Gasteiger partial charge in [0.05, 0.1) is 10.7 Å². The first-order valence-electron chi connectivity index (χ1n) is 6.30. The number of hydrogen-bond donors (Lipinski definition) is 2. The van der Waals surface area contributed by atoms with Gasteiger partial charge in [-0.2, -0.15) is 5.10 Å². The fourth-order valence-corrected chi connectivity index (χ4v) is 2.78. The summed E-state index contributed by atoms with van der Waals surface area (Å²) >= 11 is 6.19. The zero-order chi connectivity index (χ0) is 11.8. The summed E-state index contributed by atoms with van der Waals surface area (Å²) in [4.78, 5) is 12.0. The molecule has 0 aliphatic heterocycles. The highest BCUT2D eigenvalue weighted by atomic mass is 35.5. The number of halogens is 1. The molecule has 0 aromatic carbocycles. The van der Waals surface area contributed by atoms with Crippen molar-refractivity contribution >= 4 is 17.5 Å². The summed E-state index contributed by atoms with van der Waals surface area (Å²) in [6.07, 6.45) is 6.84. The maximum Gasteiger partial charge on any atom is 0.273 e. The van der Waals surface area contributed by atoms with Crippen molar-refractivity contribution in [3.8, 4) is 0 Å². The second-order valence-electron chi connectivity index (χ2n) is 5.03. The number of aromatic amines is 1. The zero-order valence-electron chi connectivity index (χ0n) is 9.63. The van der Waals surface area contributed by atoms with Gasteiger partial charge in [-0.3, -0.25) is 9.89 Å². The lowest BCUT2D eigenvalue weighted by molar-refractivity contribution is 0.0933. The van der Waals surface area contributed by atoms with Crippen LogP contribution in [0.25, 0.3) is 0 Å². The first-order chi connectivity index (χ1) is 8.25. The van der Waals surface area contributed by atoms with E-state index in [0.717, 1.165) is 31.4 Å². The molecule has 2 N–H and O–H groups in total. The van der Waals surface area contributed by atoms with Crippen LogP contribution in [0.3, 0.4) is 0 Å². The van der Waals surface area contributed by atoms with Crippen LogP contribution < -0.4 is 5.32 Å². The fraction of sp³-hybridized carbons (Fsp3) is 0.667. The third-order valence-corrected chi connectivity index (χ3v) is 4.01. The van der Waals surface area contributed by atoms with Crippen molar-refractivity contribution in [2.24, 2.45) is 0 Å². The Morgan fingerprint density at radius 3 is 2.65 bits per heavy atom. The number of amides is 1. The molecular formula is C12H16ClN3O. The van der Waals surface area contributed by atoms with E-state index in [1.165, 1.54) is 12.8 Å². The van der Waals surface area contributed by atoms with Gasteiger partial charge in [0, 0.05) is 12.0 Å². The van der Waals surface area contributed by atoms with E-state index in [2.05, 4.69) is 15.5 Å². The van der Waals surface area contributed by atoms with Gasteiger partial charge in [0.2, 0.25) is 0 Å². The number of carbonyl (C=O) groups excluding carboxylic acids is 1. The molecule has 0 bridgehead atoms. The molecular weight excluding hydrogens is 238 g/mol. The number of rotatable bonds is 3. The van der Waals surface area contributed by atoms with E-state index in [9.17, 15) is 4.79 Å². The minimum atomic E-state index is -0.134. The van der Waals surface area contributed by atoms with Gasteiger partial charge in [0.15, 0.2) is 5.69 Å². The average Bonchev–Trinajstić information content (AvgIpc) is 2.88. The summed E-state index contributed by atoms with van der Waals surface area (Å²) in [6, 6.07) is 0.305. The largest absolute Gasteiger partial charge is 0.348 e. The molecule has 1 amide bonds. The predicted octanol–water partition coefficient (Wildman–Crippen LogP) is 2.61. The highest BCUT2D eigenvalue weighted by molar-refractivity contribution is 6.34. The first-order valence-corrected chi connectivity index (χ1v) is 6.68. The number of H-pyrrole nitrogens is 1. The summed E-state index contributed by atoms with van der Waals surface area (Å²) in [5.74, 6) is 0.355. The zero-order valence-corrected chi connectivity index (χ0v) is 10.4. The minimum Gasteiger partial charge on any atom is -0.348 e. The van der Waals surface area contributed by atoms with Gasteiger partial charge in [0.1, 0.15) is 0 Å². The van der Waals surface area contributed by atoms with Crippen LogP contribution in [0.4, 0.5) is 0 Å². The molecule has 1 heterocycles. The lowest BCUT2D eigenvalue weighted by atomic mass is 10.2. The Morgan fingerprint density at radius 1 is 1.29 bits per heavy atom. The third kappa shape index (κ3) is 2.18. The van der Waals surface area contributed by atoms with Crippen LogP contribution >= 0.6 is 11.6 Å². The highest BCUT2D eigenvalue weighted by Crippen LogP contribution is 2.42. The van der Waals surface area contributed by atoms with Gasteiger partial charge in [0.25, 0.3) is 5.91 Å². The van der Waals surface area contributed by atoms with E-state index in [1.54, 1.807) is 0 Å². The number of carbonyl (C=O) groups is 1. The Kier molecular flexibility index (Phi) is 2.82.